The van der Waals surface area contributed by atoms with Crippen LogP contribution in [0.2, 0.25) is 10.0 Å². The third-order valence-electron chi connectivity index (χ3n) is 5.20. The van der Waals surface area contributed by atoms with E-state index >= 15 is 0 Å². The van der Waals surface area contributed by atoms with Crippen LogP contribution in [0.3, 0.4) is 0 Å². The van der Waals surface area contributed by atoms with E-state index in [4.69, 9.17) is 33.7 Å². The topological polar surface area (TPSA) is 72.6 Å². The van der Waals surface area contributed by atoms with Gasteiger partial charge in [0.25, 0.3) is 5.91 Å². The van der Waals surface area contributed by atoms with Crippen molar-refractivity contribution in [3.05, 3.63) is 63.9 Å². The van der Waals surface area contributed by atoms with Gasteiger partial charge in [-0.2, -0.15) is 0 Å². The molecule has 1 aliphatic rings. The number of piperidine rings is 1. The highest BCUT2D eigenvalue weighted by Gasteiger charge is 2.39. The molecule has 2 N–H and O–H groups in total. The molecule has 0 aliphatic carbocycles. The summed E-state index contributed by atoms with van der Waals surface area (Å²) in [5.41, 5.74) is 5.24. The first-order valence-electron chi connectivity index (χ1n) is 9.20. The lowest BCUT2D eigenvalue weighted by atomic mass is 9.76. The largest absolute Gasteiger partial charge is 0.493 e. The molecule has 154 valence electrons. The second-order valence-corrected chi connectivity index (χ2v) is 8.09. The van der Waals surface area contributed by atoms with Crippen LogP contribution in [0.4, 0.5) is 4.39 Å². The van der Waals surface area contributed by atoms with Gasteiger partial charge in [0.15, 0.2) is 0 Å². The summed E-state index contributed by atoms with van der Waals surface area (Å²) < 4.78 is 18.9. The van der Waals surface area contributed by atoms with Gasteiger partial charge in [-0.05, 0) is 49.2 Å². The van der Waals surface area contributed by atoms with E-state index in [-0.39, 0.29) is 30.3 Å². The Hall–Kier alpha value is -2.31. The average molecular weight is 439 g/mol. The number of halogens is 3. The zero-order valence-electron chi connectivity index (χ0n) is 15.7. The Labute approximate surface area is 178 Å². The summed E-state index contributed by atoms with van der Waals surface area (Å²) in [6.07, 6.45) is 1.21. The highest BCUT2D eigenvalue weighted by molar-refractivity contribution is 6.39. The first-order valence-corrected chi connectivity index (χ1v) is 9.95. The number of rotatable bonds is 6. The molecule has 0 atom stereocenters. The maximum absolute atomic E-state index is 13.1. The predicted molar refractivity (Wildman–Crippen MR) is 110 cm³/mol. The third-order valence-corrected chi connectivity index (χ3v) is 5.83. The molecule has 1 aliphatic heterocycles. The summed E-state index contributed by atoms with van der Waals surface area (Å²) in [4.78, 5) is 26.2. The van der Waals surface area contributed by atoms with Crippen molar-refractivity contribution >= 4 is 35.0 Å². The Morgan fingerprint density at radius 2 is 1.66 bits per heavy atom. The lowest BCUT2D eigenvalue weighted by Crippen LogP contribution is -2.47. The molecule has 8 heteroatoms. The SMILES string of the molecule is NC(=O)CC1(COc2ccc(F)cc2)CCN(C(=O)c2c(Cl)cccc2Cl)CC1. The van der Waals surface area contributed by atoms with Crippen LogP contribution in [0.25, 0.3) is 0 Å². The number of nitrogens with zero attached hydrogens (tertiary/aromatic N) is 1. The maximum Gasteiger partial charge on any atom is 0.256 e. The molecule has 2 amide bonds. The Morgan fingerprint density at radius 3 is 2.21 bits per heavy atom. The molecule has 0 bridgehead atoms. The minimum Gasteiger partial charge on any atom is -0.493 e. The second-order valence-electron chi connectivity index (χ2n) is 7.27. The molecule has 0 spiro atoms. The summed E-state index contributed by atoms with van der Waals surface area (Å²) in [6.45, 7) is 1.08. The summed E-state index contributed by atoms with van der Waals surface area (Å²) in [5.74, 6) is -0.514. The van der Waals surface area contributed by atoms with Gasteiger partial charge in [0, 0.05) is 24.9 Å². The number of hydrogen-bond acceptors (Lipinski definition) is 3. The van der Waals surface area contributed by atoms with Gasteiger partial charge in [-0.3, -0.25) is 9.59 Å². The Bertz CT molecular complexity index is 877. The number of nitrogens with two attached hydrogens (primary N) is 1. The van der Waals surface area contributed by atoms with Crippen molar-refractivity contribution in [1.29, 1.82) is 0 Å². The van der Waals surface area contributed by atoms with Gasteiger partial charge >= 0.3 is 0 Å². The molecule has 0 aromatic heterocycles. The molecular formula is C21H21Cl2FN2O3. The number of benzene rings is 2. The fourth-order valence-corrected chi connectivity index (χ4v) is 4.11. The second kappa shape index (κ2) is 9.01. The van der Waals surface area contributed by atoms with Gasteiger partial charge in [0.05, 0.1) is 22.2 Å². The lowest BCUT2D eigenvalue weighted by molar-refractivity contribution is -0.121. The number of hydrogen-bond donors (Lipinski definition) is 1. The maximum atomic E-state index is 13.1. The van der Waals surface area contributed by atoms with Gasteiger partial charge in [0.2, 0.25) is 5.91 Å². The van der Waals surface area contributed by atoms with Gasteiger partial charge < -0.3 is 15.4 Å². The first kappa shape index (κ1) is 21.4. The van der Waals surface area contributed by atoms with Crippen molar-refractivity contribution in [1.82, 2.24) is 4.90 Å². The molecule has 2 aromatic carbocycles. The zero-order chi connectivity index (χ0) is 21.0. The molecule has 29 heavy (non-hydrogen) atoms. The van der Waals surface area contributed by atoms with Gasteiger partial charge in [-0.25, -0.2) is 4.39 Å². The number of carbonyl (C=O) groups excluding carboxylic acids is 2. The van der Waals surface area contributed by atoms with Crippen molar-refractivity contribution < 1.29 is 18.7 Å². The fourth-order valence-electron chi connectivity index (χ4n) is 3.55. The van der Waals surface area contributed by atoms with Crippen molar-refractivity contribution in [2.75, 3.05) is 19.7 Å². The van der Waals surface area contributed by atoms with Crippen LogP contribution >= 0.6 is 23.2 Å². The third kappa shape index (κ3) is 5.19. The number of carbonyl (C=O) groups is 2. The standard InChI is InChI=1S/C21H21Cl2FN2O3/c22-16-2-1-3-17(23)19(16)20(28)26-10-8-21(9-11-26,12-18(25)27)13-29-15-6-4-14(24)5-7-15/h1-7H,8-13H2,(H2,25,27). The van der Waals surface area contributed by atoms with Crippen molar-refractivity contribution in [2.24, 2.45) is 11.1 Å². The predicted octanol–water partition coefficient (Wildman–Crippen LogP) is 4.31. The Kier molecular flexibility index (Phi) is 6.65. The van der Waals surface area contributed by atoms with Crippen molar-refractivity contribution in [3.8, 4) is 5.75 Å². The van der Waals surface area contributed by atoms with Crippen molar-refractivity contribution in [3.63, 3.8) is 0 Å². The molecule has 5 nitrogen and oxygen atoms in total. The number of ether oxygens (including phenoxy) is 1. The average Bonchev–Trinajstić information content (AvgIpc) is 2.67. The molecule has 0 unspecified atom stereocenters. The summed E-state index contributed by atoms with van der Waals surface area (Å²) >= 11 is 12.3. The highest BCUT2D eigenvalue weighted by atomic mass is 35.5. The number of likely N-dealkylation sites (tertiary alicyclic amines) is 1. The molecule has 3 rings (SSSR count). The monoisotopic (exact) mass is 438 g/mol. The van der Waals surface area contributed by atoms with E-state index in [0.717, 1.165) is 0 Å². The molecule has 1 heterocycles. The van der Waals surface area contributed by atoms with Crippen LogP contribution in [-0.2, 0) is 4.79 Å². The van der Waals surface area contributed by atoms with Crippen LogP contribution in [-0.4, -0.2) is 36.4 Å². The van der Waals surface area contributed by atoms with E-state index in [0.29, 0.717) is 41.7 Å². The zero-order valence-corrected chi connectivity index (χ0v) is 17.2. The molecule has 1 saturated heterocycles. The van der Waals surface area contributed by atoms with Crippen molar-refractivity contribution in [2.45, 2.75) is 19.3 Å². The summed E-state index contributed by atoms with van der Waals surface area (Å²) in [5, 5.41) is 0.604. The lowest BCUT2D eigenvalue weighted by Gasteiger charge is -2.41. The summed E-state index contributed by atoms with van der Waals surface area (Å²) in [7, 11) is 0. The van der Waals surface area contributed by atoms with Gasteiger partial charge in [-0.1, -0.05) is 29.3 Å². The van der Waals surface area contributed by atoms with E-state index in [1.54, 1.807) is 23.1 Å². The number of primary amides is 1. The van der Waals surface area contributed by atoms with E-state index in [1.165, 1.54) is 24.3 Å². The normalized spacial score (nSPS) is 15.8. The van der Waals surface area contributed by atoms with Crippen LogP contribution in [0, 0.1) is 11.2 Å². The van der Waals surface area contributed by atoms with E-state index in [9.17, 15) is 14.0 Å². The highest BCUT2D eigenvalue weighted by Crippen LogP contribution is 2.37. The van der Waals surface area contributed by atoms with Crippen LogP contribution in [0.1, 0.15) is 29.6 Å². The van der Waals surface area contributed by atoms with Crippen LogP contribution in [0.15, 0.2) is 42.5 Å². The molecule has 1 fully saturated rings. The molecule has 0 saturated carbocycles. The Balaban J connectivity index is 1.69. The quantitative estimate of drug-likeness (QED) is 0.729. The fraction of sp³-hybridized carbons (Fsp3) is 0.333. The first-order chi connectivity index (χ1) is 13.8. The van der Waals surface area contributed by atoms with E-state index in [1.807, 2.05) is 0 Å². The molecular weight excluding hydrogens is 418 g/mol. The van der Waals surface area contributed by atoms with Crippen LogP contribution < -0.4 is 10.5 Å². The van der Waals surface area contributed by atoms with Crippen LogP contribution in [0.5, 0.6) is 5.75 Å². The molecule has 0 radical (unpaired) electrons. The smallest absolute Gasteiger partial charge is 0.256 e. The Morgan fingerprint density at radius 1 is 1.07 bits per heavy atom. The summed E-state index contributed by atoms with van der Waals surface area (Å²) in [6, 6.07) is 10.6. The minimum absolute atomic E-state index is 0.142. The van der Waals surface area contributed by atoms with Gasteiger partial charge in [-0.15, -0.1) is 0 Å². The van der Waals surface area contributed by atoms with E-state index < -0.39 is 11.3 Å². The van der Waals surface area contributed by atoms with Gasteiger partial charge in [0.1, 0.15) is 11.6 Å². The molecule has 2 aromatic rings. The van der Waals surface area contributed by atoms with E-state index in [2.05, 4.69) is 0 Å². The number of amides is 2. The minimum atomic E-state index is -0.499.